The van der Waals surface area contributed by atoms with Gasteiger partial charge >= 0.3 is 5.97 Å². The van der Waals surface area contributed by atoms with E-state index >= 15 is 0 Å². The topological polar surface area (TPSA) is 112 Å². The highest BCUT2D eigenvalue weighted by molar-refractivity contribution is 5.81. The number of imidazole rings is 1. The average molecular weight is 440 g/mol. The quantitative estimate of drug-likeness (QED) is 0.512. The van der Waals surface area contributed by atoms with Crippen molar-refractivity contribution < 1.29 is 14.6 Å². The number of nitrogens with one attached hydrogen (secondary N) is 2. The van der Waals surface area contributed by atoms with Crippen molar-refractivity contribution in [3.63, 3.8) is 0 Å². The molecule has 0 spiro atoms. The first-order valence-electron chi connectivity index (χ1n) is 10.8. The predicted octanol–water partition coefficient (Wildman–Crippen LogP) is 1.59. The first-order valence-corrected chi connectivity index (χ1v) is 10.8. The molecule has 3 N–H and O–H groups in total. The lowest BCUT2D eigenvalue weighted by atomic mass is 10.2. The molecule has 0 amide bonds. The van der Waals surface area contributed by atoms with Crippen LogP contribution in [-0.4, -0.2) is 69.4 Å². The number of aryl methyl sites for hydroxylation is 1. The molecule has 2 aromatic heterocycles. The van der Waals surface area contributed by atoms with E-state index in [1.54, 1.807) is 20.0 Å². The van der Waals surface area contributed by atoms with Gasteiger partial charge in [-0.2, -0.15) is 0 Å². The second-order valence-corrected chi connectivity index (χ2v) is 8.47. The number of aromatic amines is 1. The van der Waals surface area contributed by atoms with Crippen LogP contribution in [0, 0.1) is 6.92 Å². The number of ether oxygens (including phenoxy) is 1. The molecule has 1 aromatic carbocycles. The van der Waals surface area contributed by atoms with Crippen molar-refractivity contribution in [2.45, 2.75) is 39.1 Å². The highest BCUT2D eigenvalue weighted by Crippen LogP contribution is 2.26. The number of fused-ring (bicyclic) bond motifs is 1. The number of carbonyl (C=O) groups is 1. The fourth-order valence-electron chi connectivity index (χ4n) is 3.96. The van der Waals surface area contributed by atoms with Crippen molar-refractivity contribution in [1.29, 1.82) is 0 Å². The van der Waals surface area contributed by atoms with Gasteiger partial charge in [-0.05, 0) is 44.7 Å². The van der Waals surface area contributed by atoms with Gasteiger partial charge in [0.05, 0.1) is 30.3 Å². The number of pyridine rings is 1. The number of hydrogen-bond donors (Lipinski definition) is 3. The Bertz CT molecular complexity index is 1180. The fourth-order valence-corrected chi connectivity index (χ4v) is 3.96. The Labute approximate surface area is 186 Å². The summed E-state index contributed by atoms with van der Waals surface area (Å²) in [6.45, 7) is 6.91. The summed E-state index contributed by atoms with van der Waals surface area (Å²) in [5, 5.41) is 12.1. The standard InChI is InChI=1S/C23H29N5O4/c1-14-8-17(11-25-22(14)29)21-26-19-9-16(10-24-15(2)23(30)31)4-5-20(19)28(21)13-18-12-27(3)6-7-32-18/h4-5,8-9,11,15,18,24H,6-7,10,12-13H2,1-3H3,(H,25,29)(H,30,31)/t15-,18?/m0/s1. The van der Waals surface area contributed by atoms with Gasteiger partial charge in [-0.3, -0.25) is 9.59 Å². The summed E-state index contributed by atoms with van der Waals surface area (Å²) < 4.78 is 8.14. The fraction of sp³-hybridized carbons (Fsp3) is 0.435. The van der Waals surface area contributed by atoms with Crippen molar-refractivity contribution >= 4 is 17.0 Å². The summed E-state index contributed by atoms with van der Waals surface area (Å²) >= 11 is 0. The minimum absolute atomic E-state index is 0.0338. The van der Waals surface area contributed by atoms with Crippen molar-refractivity contribution in [3.8, 4) is 11.4 Å². The molecule has 0 radical (unpaired) electrons. The molecule has 170 valence electrons. The van der Waals surface area contributed by atoms with Gasteiger partial charge in [-0.25, -0.2) is 4.98 Å². The Balaban J connectivity index is 1.72. The van der Waals surface area contributed by atoms with Crippen LogP contribution in [0.4, 0.5) is 0 Å². The number of nitrogens with zero attached hydrogens (tertiary/aromatic N) is 3. The molecule has 1 aliphatic heterocycles. The molecule has 0 saturated carbocycles. The lowest BCUT2D eigenvalue weighted by Crippen LogP contribution is -2.42. The second-order valence-electron chi connectivity index (χ2n) is 8.47. The van der Waals surface area contributed by atoms with Crippen LogP contribution in [0.1, 0.15) is 18.1 Å². The summed E-state index contributed by atoms with van der Waals surface area (Å²) in [5.74, 6) is -0.122. The molecule has 1 unspecified atom stereocenters. The van der Waals surface area contributed by atoms with E-state index < -0.39 is 12.0 Å². The largest absolute Gasteiger partial charge is 0.480 e. The van der Waals surface area contributed by atoms with E-state index in [0.29, 0.717) is 25.3 Å². The molecule has 3 aromatic rings. The number of hydrogen-bond acceptors (Lipinski definition) is 6. The van der Waals surface area contributed by atoms with Crippen LogP contribution < -0.4 is 10.9 Å². The van der Waals surface area contributed by atoms with Gasteiger partial charge in [0.15, 0.2) is 0 Å². The second kappa shape index (κ2) is 9.23. The minimum Gasteiger partial charge on any atom is -0.480 e. The van der Waals surface area contributed by atoms with Crippen molar-refractivity contribution in [2.24, 2.45) is 0 Å². The van der Waals surface area contributed by atoms with Gasteiger partial charge in [0.1, 0.15) is 11.9 Å². The summed E-state index contributed by atoms with van der Waals surface area (Å²) in [7, 11) is 2.09. The number of aromatic nitrogens is 3. The van der Waals surface area contributed by atoms with E-state index in [4.69, 9.17) is 14.8 Å². The van der Waals surface area contributed by atoms with Crippen molar-refractivity contribution in [2.75, 3.05) is 26.7 Å². The number of aliphatic carboxylic acids is 1. The smallest absolute Gasteiger partial charge is 0.320 e. The van der Waals surface area contributed by atoms with Gasteiger partial charge in [-0.1, -0.05) is 6.07 Å². The molecule has 9 nitrogen and oxygen atoms in total. The Morgan fingerprint density at radius 2 is 2.22 bits per heavy atom. The molecule has 0 bridgehead atoms. The van der Waals surface area contributed by atoms with Crippen LogP contribution in [0.2, 0.25) is 0 Å². The zero-order chi connectivity index (χ0) is 22.8. The Morgan fingerprint density at radius 3 is 2.94 bits per heavy atom. The maximum Gasteiger partial charge on any atom is 0.320 e. The Morgan fingerprint density at radius 1 is 1.41 bits per heavy atom. The molecule has 9 heteroatoms. The molecule has 1 aliphatic rings. The van der Waals surface area contributed by atoms with Gasteiger partial charge in [-0.15, -0.1) is 0 Å². The summed E-state index contributed by atoms with van der Waals surface area (Å²) in [4.78, 5) is 32.9. The molecule has 32 heavy (non-hydrogen) atoms. The van der Waals surface area contributed by atoms with Crippen LogP contribution in [0.15, 0.2) is 35.3 Å². The highest BCUT2D eigenvalue weighted by Gasteiger charge is 2.22. The monoisotopic (exact) mass is 439 g/mol. The van der Waals surface area contributed by atoms with E-state index in [0.717, 1.165) is 41.1 Å². The van der Waals surface area contributed by atoms with E-state index in [9.17, 15) is 9.59 Å². The summed E-state index contributed by atoms with van der Waals surface area (Å²) in [6, 6.07) is 7.19. The molecular formula is C23H29N5O4. The molecular weight excluding hydrogens is 410 g/mol. The number of morpholine rings is 1. The number of carboxylic acids is 1. The number of carboxylic acid groups (broad SMARTS) is 1. The Hall–Kier alpha value is -3.01. The molecule has 1 fully saturated rings. The van der Waals surface area contributed by atoms with E-state index in [1.807, 2.05) is 24.3 Å². The normalized spacial score (nSPS) is 18.2. The maximum absolute atomic E-state index is 11.9. The number of rotatable bonds is 7. The average Bonchev–Trinajstić information content (AvgIpc) is 3.11. The SMILES string of the molecule is Cc1cc(-c2nc3cc(CN[C@@H](C)C(=O)O)ccc3n2CC2CN(C)CCO2)c[nH]c1=O. The lowest BCUT2D eigenvalue weighted by Gasteiger charge is -2.30. The van der Waals surface area contributed by atoms with Gasteiger partial charge < -0.3 is 29.6 Å². The summed E-state index contributed by atoms with van der Waals surface area (Å²) in [5.41, 5.74) is 4.08. The molecule has 0 aliphatic carbocycles. The maximum atomic E-state index is 11.9. The van der Waals surface area contributed by atoms with Crippen molar-refractivity contribution in [1.82, 2.24) is 24.8 Å². The highest BCUT2D eigenvalue weighted by atomic mass is 16.5. The number of H-pyrrole nitrogens is 1. The zero-order valence-electron chi connectivity index (χ0n) is 18.6. The first-order chi connectivity index (χ1) is 15.3. The van der Waals surface area contributed by atoms with E-state index in [-0.39, 0.29) is 11.7 Å². The molecule has 1 saturated heterocycles. The van der Waals surface area contributed by atoms with Gasteiger partial charge in [0, 0.05) is 37.0 Å². The van der Waals surface area contributed by atoms with E-state index in [1.165, 1.54) is 0 Å². The lowest BCUT2D eigenvalue weighted by molar-refractivity contribution is -0.139. The van der Waals surface area contributed by atoms with Crippen LogP contribution in [-0.2, 0) is 22.6 Å². The third kappa shape index (κ3) is 4.74. The third-order valence-electron chi connectivity index (χ3n) is 5.87. The summed E-state index contributed by atoms with van der Waals surface area (Å²) in [6.07, 6.45) is 1.73. The number of benzene rings is 1. The van der Waals surface area contributed by atoms with Crippen LogP contribution >= 0.6 is 0 Å². The molecule has 3 heterocycles. The van der Waals surface area contributed by atoms with Crippen molar-refractivity contribution in [3.05, 3.63) is 51.9 Å². The van der Waals surface area contributed by atoms with Gasteiger partial charge in [0.25, 0.3) is 5.56 Å². The molecule has 4 rings (SSSR count). The van der Waals surface area contributed by atoms with Crippen LogP contribution in [0.5, 0.6) is 0 Å². The number of likely N-dealkylation sites (N-methyl/N-ethyl adjacent to an activating group) is 1. The zero-order valence-corrected chi connectivity index (χ0v) is 18.6. The Kier molecular flexibility index (Phi) is 6.40. The van der Waals surface area contributed by atoms with Gasteiger partial charge in [0.2, 0.25) is 0 Å². The van der Waals surface area contributed by atoms with Crippen LogP contribution in [0.3, 0.4) is 0 Å². The molecule has 2 atom stereocenters. The third-order valence-corrected chi connectivity index (χ3v) is 5.87. The van der Waals surface area contributed by atoms with Crippen LogP contribution in [0.25, 0.3) is 22.4 Å². The first kappa shape index (κ1) is 22.2. The minimum atomic E-state index is -0.886. The van der Waals surface area contributed by atoms with E-state index in [2.05, 4.69) is 26.8 Å². The predicted molar refractivity (Wildman–Crippen MR) is 122 cm³/mol.